The number of pyridine rings is 1. The molecule has 2 aromatic rings. The summed E-state index contributed by atoms with van der Waals surface area (Å²) < 4.78 is 0. The standard InChI is InChI=1S/C16H16N4S2/c1-21-16(19-12-17)20-14-5-7-15(8-6-14)22-11-9-13-4-2-3-10-18-13/h2-8,10H,9,11H2,1H3,(H,19,20). The maximum atomic E-state index is 8.62. The fourth-order valence-electron chi connectivity index (χ4n) is 1.73. The maximum Gasteiger partial charge on any atom is 0.183 e. The molecule has 0 aliphatic rings. The molecule has 22 heavy (non-hydrogen) atoms. The lowest BCUT2D eigenvalue weighted by Gasteiger charge is -2.03. The van der Waals surface area contributed by atoms with Gasteiger partial charge < -0.3 is 0 Å². The number of thioether (sulfide) groups is 2. The minimum Gasteiger partial charge on any atom is -0.271 e. The lowest BCUT2D eigenvalue weighted by Crippen LogP contribution is -2.12. The summed E-state index contributed by atoms with van der Waals surface area (Å²) in [4.78, 5) is 9.88. The molecule has 1 aromatic heterocycles. The van der Waals surface area contributed by atoms with E-state index >= 15 is 0 Å². The summed E-state index contributed by atoms with van der Waals surface area (Å²) in [6, 6.07) is 14.0. The highest BCUT2D eigenvalue weighted by atomic mass is 32.2. The number of aliphatic imine (C=N–C) groups is 1. The molecule has 1 N–H and O–H groups in total. The van der Waals surface area contributed by atoms with Gasteiger partial charge in [0.25, 0.3) is 0 Å². The highest BCUT2D eigenvalue weighted by Crippen LogP contribution is 2.23. The monoisotopic (exact) mass is 328 g/mol. The number of benzene rings is 1. The number of nitrogens with one attached hydrogen (secondary N) is 1. The van der Waals surface area contributed by atoms with Crippen LogP contribution in [0.4, 0.5) is 5.69 Å². The summed E-state index contributed by atoms with van der Waals surface area (Å²) in [5.74, 6) is 0.992. The van der Waals surface area contributed by atoms with E-state index in [0.29, 0.717) is 5.17 Å². The highest BCUT2D eigenvalue weighted by Gasteiger charge is 1.99. The van der Waals surface area contributed by atoms with Gasteiger partial charge in [-0.3, -0.25) is 10.3 Å². The van der Waals surface area contributed by atoms with Crippen LogP contribution in [0.25, 0.3) is 0 Å². The van der Waals surface area contributed by atoms with E-state index in [-0.39, 0.29) is 0 Å². The second kappa shape index (κ2) is 9.13. The number of aryl methyl sites for hydroxylation is 1. The normalized spacial score (nSPS) is 11.0. The van der Waals surface area contributed by atoms with E-state index in [1.54, 1.807) is 11.8 Å². The Hall–Kier alpha value is -1.97. The van der Waals surface area contributed by atoms with E-state index in [4.69, 9.17) is 5.26 Å². The minimum absolute atomic E-state index is 0.595. The van der Waals surface area contributed by atoms with E-state index in [0.717, 1.165) is 23.6 Å². The molecule has 0 saturated carbocycles. The van der Waals surface area contributed by atoms with Crippen molar-refractivity contribution in [3.05, 3.63) is 54.4 Å². The van der Waals surface area contributed by atoms with Gasteiger partial charge in [-0.2, -0.15) is 5.26 Å². The van der Waals surface area contributed by atoms with Crippen LogP contribution in [-0.2, 0) is 6.42 Å². The fourth-order valence-corrected chi connectivity index (χ4v) is 2.95. The third-order valence-corrected chi connectivity index (χ3v) is 4.37. The van der Waals surface area contributed by atoms with Gasteiger partial charge in [0, 0.05) is 22.5 Å². The fraction of sp³-hybridized carbons (Fsp3) is 0.188. The highest BCUT2D eigenvalue weighted by molar-refractivity contribution is 8.13. The van der Waals surface area contributed by atoms with Crippen molar-refractivity contribution in [2.75, 3.05) is 12.0 Å². The SMILES string of the molecule is CSC(=Nc1ccc(SCCc2ccccn2)cc1)NC#N. The average molecular weight is 328 g/mol. The first-order valence-corrected chi connectivity index (χ1v) is 8.93. The van der Waals surface area contributed by atoms with Gasteiger partial charge in [-0.15, -0.1) is 11.8 Å². The second-order valence-corrected chi connectivity index (χ2v) is 6.23. The molecule has 112 valence electrons. The molecule has 0 bridgehead atoms. The van der Waals surface area contributed by atoms with Crippen LogP contribution in [0.15, 0.2) is 58.5 Å². The van der Waals surface area contributed by atoms with Crippen molar-refractivity contribution < 1.29 is 0 Å². The molecule has 0 amide bonds. The molecule has 0 radical (unpaired) electrons. The zero-order valence-electron chi connectivity index (χ0n) is 12.2. The third-order valence-electron chi connectivity index (χ3n) is 2.78. The second-order valence-electron chi connectivity index (χ2n) is 4.27. The maximum absolute atomic E-state index is 8.62. The number of nitrogens with zero attached hydrogens (tertiary/aromatic N) is 3. The van der Waals surface area contributed by atoms with Gasteiger partial charge in [-0.25, -0.2) is 4.99 Å². The number of hydrogen-bond donors (Lipinski definition) is 1. The number of rotatable bonds is 5. The summed E-state index contributed by atoms with van der Waals surface area (Å²) in [6.07, 6.45) is 6.54. The molecule has 0 atom stereocenters. The lowest BCUT2D eigenvalue weighted by molar-refractivity contribution is 1.05. The molecule has 0 fully saturated rings. The summed E-state index contributed by atoms with van der Waals surface area (Å²) in [7, 11) is 0. The van der Waals surface area contributed by atoms with Crippen LogP contribution in [0, 0.1) is 11.5 Å². The quantitative estimate of drug-likeness (QED) is 0.297. The van der Waals surface area contributed by atoms with Crippen molar-refractivity contribution in [2.45, 2.75) is 11.3 Å². The van der Waals surface area contributed by atoms with Crippen LogP contribution in [0.5, 0.6) is 0 Å². The number of nitriles is 1. The molecule has 0 aliphatic carbocycles. The van der Waals surface area contributed by atoms with Gasteiger partial charge >= 0.3 is 0 Å². The Morgan fingerprint density at radius 1 is 1.27 bits per heavy atom. The molecule has 6 heteroatoms. The Balaban J connectivity index is 1.88. The molecular formula is C16H16N4S2. The Morgan fingerprint density at radius 3 is 2.73 bits per heavy atom. The molecule has 1 heterocycles. The van der Waals surface area contributed by atoms with Gasteiger partial charge in [0.2, 0.25) is 0 Å². The summed E-state index contributed by atoms with van der Waals surface area (Å²) in [6.45, 7) is 0. The first-order valence-electron chi connectivity index (χ1n) is 6.72. The van der Waals surface area contributed by atoms with Gasteiger partial charge in [-0.1, -0.05) is 17.8 Å². The summed E-state index contributed by atoms with van der Waals surface area (Å²) in [5, 5.41) is 11.8. The van der Waals surface area contributed by atoms with E-state index in [9.17, 15) is 0 Å². The van der Waals surface area contributed by atoms with Crippen LogP contribution < -0.4 is 5.32 Å². The summed E-state index contributed by atoms with van der Waals surface area (Å²) in [5.41, 5.74) is 1.95. The zero-order valence-corrected chi connectivity index (χ0v) is 13.8. The molecular weight excluding hydrogens is 312 g/mol. The largest absolute Gasteiger partial charge is 0.271 e. The van der Waals surface area contributed by atoms with E-state index in [2.05, 4.69) is 15.3 Å². The van der Waals surface area contributed by atoms with Crippen LogP contribution in [0.1, 0.15) is 5.69 Å². The van der Waals surface area contributed by atoms with E-state index in [1.165, 1.54) is 16.7 Å². The van der Waals surface area contributed by atoms with Crippen LogP contribution in [0.3, 0.4) is 0 Å². The topological polar surface area (TPSA) is 61.1 Å². The van der Waals surface area contributed by atoms with E-state index in [1.807, 2.05) is 61.1 Å². The molecule has 0 aliphatic heterocycles. The van der Waals surface area contributed by atoms with Crippen molar-refractivity contribution in [2.24, 2.45) is 4.99 Å². The van der Waals surface area contributed by atoms with Gasteiger partial charge in [0.05, 0.1) is 5.69 Å². The van der Waals surface area contributed by atoms with Crippen molar-refractivity contribution in [1.29, 1.82) is 5.26 Å². The van der Waals surface area contributed by atoms with Crippen molar-refractivity contribution in [3.8, 4) is 6.19 Å². The first kappa shape index (κ1) is 16.4. The van der Waals surface area contributed by atoms with Crippen molar-refractivity contribution in [1.82, 2.24) is 10.3 Å². The predicted octanol–water partition coefficient (Wildman–Crippen LogP) is 3.84. The lowest BCUT2D eigenvalue weighted by atomic mass is 10.3. The average Bonchev–Trinajstić information content (AvgIpc) is 2.57. The molecule has 0 unspecified atom stereocenters. The molecule has 1 aromatic carbocycles. The predicted molar refractivity (Wildman–Crippen MR) is 94.5 cm³/mol. The van der Waals surface area contributed by atoms with Crippen molar-refractivity contribution in [3.63, 3.8) is 0 Å². The molecule has 0 saturated heterocycles. The smallest absolute Gasteiger partial charge is 0.183 e. The first-order chi connectivity index (χ1) is 10.8. The number of amidine groups is 1. The molecule has 4 nitrogen and oxygen atoms in total. The zero-order chi connectivity index (χ0) is 15.6. The van der Waals surface area contributed by atoms with Crippen LogP contribution >= 0.6 is 23.5 Å². The number of hydrogen-bond acceptors (Lipinski definition) is 5. The Morgan fingerprint density at radius 2 is 2.09 bits per heavy atom. The Kier molecular flexibility index (Phi) is 6.81. The van der Waals surface area contributed by atoms with Crippen molar-refractivity contribution >= 4 is 34.4 Å². The van der Waals surface area contributed by atoms with Gasteiger partial charge in [0.1, 0.15) is 0 Å². The van der Waals surface area contributed by atoms with E-state index < -0.39 is 0 Å². The Labute approximate surface area is 139 Å². The molecule has 0 spiro atoms. The molecule has 2 rings (SSSR count). The minimum atomic E-state index is 0.595. The number of aromatic nitrogens is 1. The van der Waals surface area contributed by atoms with Gasteiger partial charge in [-0.05, 0) is 49.1 Å². The van der Waals surface area contributed by atoms with Gasteiger partial charge in [0.15, 0.2) is 11.4 Å². The van der Waals surface area contributed by atoms with Crippen LogP contribution in [0.2, 0.25) is 0 Å². The summed E-state index contributed by atoms with van der Waals surface area (Å²) >= 11 is 3.21. The Bertz CT molecular complexity index is 648. The van der Waals surface area contributed by atoms with Crippen LogP contribution in [-0.4, -0.2) is 22.2 Å². The third kappa shape index (κ3) is 5.43.